The minimum absolute atomic E-state index is 0.0235. The standard InChI is InChI=1S/C16H12Cl2N2O4/c1-3-23-16(22)9(7-19)15(21)12-8(2)24-20-14(12)13-10(17)5-4-6-11(13)18/h4-6,9H,3H2,1-2H3/t9-/m0/s1. The molecule has 0 amide bonds. The number of esters is 1. The predicted molar refractivity (Wildman–Crippen MR) is 86.8 cm³/mol. The van der Waals surface area contributed by atoms with Gasteiger partial charge < -0.3 is 9.26 Å². The second-order valence-corrected chi connectivity index (χ2v) is 5.55. The van der Waals surface area contributed by atoms with Gasteiger partial charge in [-0.3, -0.25) is 9.59 Å². The van der Waals surface area contributed by atoms with Crippen molar-refractivity contribution in [1.29, 1.82) is 5.26 Å². The summed E-state index contributed by atoms with van der Waals surface area (Å²) in [5.41, 5.74) is 0.351. The van der Waals surface area contributed by atoms with Gasteiger partial charge in [0.05, 0.1) is 28.3 Å². The fourth-order valence-electron chi connectivity index (χ4n) is 2.15. The topological polar surface area (TPSA) is 93.2 Å². The van der Waals surface area contributed by atoms with Crippen LogP contribution in [-0.2, 0) is 9.53 Å². The quantitative estimate of drug-likeness (QED) is 0.453. The van der Waals surface area contributed by atoms with Crippen molar-refractivity contribution in [2.45, 2.75) is 13.8 Å². The van der Waals surface area contributed by atoms with E-state index in [9.17, 15) is 14.9 Å². The van der Waals surface area contributed by atoms with Crippen LogP contribution in [0.4, 0.5) is 0 Å². The third-order valence-electron chi connectivity index (χ3n) is 3.22. The number of aryl methyl sites for hydroxylation is 1. The van der Waals surface area contributed by atoms with Crippen LogP contribution in [0.25, 0.3) is 11.3 Å². The van der Waals surface area contributed by atoms with Gasteiger partial charge in [-0.2, -0.15) is 5.26 Å². The SMILES string of the molecule is CCOC(=O)[C@@H](C#N)C(=O)c1c(-c2c(Cl)cccc2Cl)noc1C. The molecule has 2 rings (SSSR count). The molecular formula is C16H12Cl2N2O4. The van der Waals surface area contributed by atoms with E-state index in [-0.39, 0.29) is 33.7 Å². The summed E-state index contributed by atoms with van der Waals surface area (Å²) in [6.07, 6.45) is 0. The van der Waals surface area contributed by atoms with Crippen molar-refractivity contribution in [3.63, 3.8) is 0 Å². The highest BCUT2D eigenvalue weighted by molar-refractivity contribution is 6.39. The molecule has 0 N–H and O–H groups in total. The number of Topliss-reactive ketones (excluding diaryl/α,β-unsaturated/α-hetero) is 1. The molecule has 0 aliphatic carbocycles. The first-order chi connectivity index (χ1) is 11.4. The van der Waals surface area contributed by atoms with Gasteiger partial charge in [0, 0.05) is 5.56 Å². The Morgan fingerprint density at radius 2 is 2.00 bits per heavy atom. The molecule has 0 bridgehead atoms. The summed E-state index contributed by atoms with van der Waals surface area (Å²) in [6.45, 7) is 3.13. The molecule has 0 unspecified atom stereocenters. The molecule has 0 saturated heterocycles. The molecule has 2 aromatic rings. The second-order valence-electron chi connectivity index (χ2n) is 4.74. The van der Waals surface area contributed by atoms with Crippen LogP contribution in [-0.4, -0.2) is 23.5 Å². The Morgan fingerprint density at radius 3 is 2.54 bits per heavy atom. The lowest BCUT2D eigenvalue weighted by Gasteiger charge is -2.09. The van der Waals surface area contributed by atoms with Crippen molar-refractivity contribution in [3.8, 4) is 17.3 Å². The van der Waals surface area contributed by atoms with Crippen LogP contribution in [0.5, 0.6) is 0 Å². The van der Waals surface area contributed by atoms with E-state index in [1.54, 1.807) is 31.2 Å². The lowest BCUT2D eigenvalue weighted by Crippen LogP contribution is -2.25. The average molecular weight is 367 g/mol. The summed E-state index contributed by atoms with van der Waals surface area (Å²) in [7, 11) is 0. The molecule has 0 aliphatic rings. The number of rotatable bonds is 5. The number of halogens is 2. The van der Waals surface area contributed by atoms with Crippen molar-refractivity contribution >= 4 is 35.0 Å². The summed E-state index contributed by atoms with van der Waals surface area (Å²) < 4.78 is 9.83. The van der Waals surface area contributed by atoms with E-state index in [4.69, 9.17) is 32.5 Å². The summed E-state index contributed by atoms with van der Waals surface area (Å²) in [6, 6.07) is 6.44. The van der Waals surface area contributed by atoms with Gasteiger partial charge in [0.25, 0.3) is 0 Å². The minimum atomic E-state index is -1.62. The van der Waals surface area contributed by atoms with Crippen LogP contribution in [0.2, 0.25) is 10.0 Å². The van der Waals surface area contributed by atoms with Crippen LogP contribution in [0.15, 0.2) is 22.7 Å². The molecule has 0 radical (unpaired) electrons. The summed E-state index contributed by atoms with van der Waals surface area (Å²) in [5.74, 6) is -3.18. The molecule has 0 spiro atoms. The molecule has 1 aromatic carbocycles. The molecule has 1 heterocycles. The van der Waals surface area contributed by atoms with Gasteiger partial charge in [0.2, 0.25) is 5.92 Å². The Balaban J connectivity index is 2.57. The van der Waals surface area contributed by atoms with Crippen molar-refractivity contribution in [2.75, 3.05) is 6.61 Å². The van der Waals surface area contributed by atoms with E-state index in [0.29, 0.717) is 5.56 Å². The fourth-order valence-corrected chi connectivity index (χ4v) is 2.72. The third kappa shape index (κ3) is 3.28. The maximum absolute atomic E-state index is 12.7. The highest BCUT2D eigenvalue weighted by atomic mass is 35.5. The zero-order valence-corrected chi connectivity index (χ0v) is 14.3. The number of carbonyl (C=O) groups excluding carboxylic acids is 2. The zero-order chi connectivity index (χ0) is 17.9. The number of aromatic nitrogens is 1. The predicted octanol–water partition coefficient (Wildman–Crippen LogP) is 3.84. The lowest BCUT2D eigenvalue weighted by molar-refractivity contribution is -0.144. The molecular weight excluding hydrogens is 355 g/mol. The molecule has 6 nitrogen and oxygen atoms in total. The molecule has 24 heavy (non-hydrogen) atoms. The van der Waals surface area contributed by atoms with E-state index in [1.807, 2.05) is 0 Å². The van der Waals surface area contributed by atoms with Gasteiger partial charge in [-0.25, -0.2) is 0 Å². The van der Waals surface area contributed by atoms with E-state index in [0.717, 1.165) is 0 Å². The molecule has 0 fully saturated rings. The largest absolute Gasteiger partial charge is 0.465 e. The van der Waals surface area contributed by atoms with E-state index >= 15 is 0 Å². The lowest BCUT2D eigenvalue weighted by atomic mass is 9.95. The van der Waals surface area contributed by atoms with Gasteiger partial charge in [-0.05, 0) is 26.0 Å². The molecule has 124 valence electrons. The van der Waals surface area contributed by atoms with Gasteiger partial charge in [-0.1, -0.05) is 34.4 Å². The van der Waals surface area contributed by atoms with Gasteiger partial charge in [-0.15, -0.1) is 0 Å². The van der Waals surface area contributed by atoms with E-state index < -0.39 is 17.7 Å². The first kappa shape index (κ1) is 18.0. The first-order valence-electron chi connectivity index (χ1n) is 6.93. The average Bonchev–Trinajstić information content (AvgIpc) is 2.89. The number of hydrogen-bond donors (Lipinski definition) is 0. The van der Waals surface area contributed by atoms with Crippen molar-refractivity contribution in [1.82, 2.24) is 5.16 Å². The molecule has 1 aromatic heterocycles. The van der Waals surface area contributed by atoms with Crippen LogP contribution < -0.4 is 0 Å². The monoisotopic (exact) mass is 366 g/mol. The van der Waals surface area contributed by atoms with Gasteiger partial charge in [0.15, 0.2) is 5.78 Å². The molecule has 8 heteroatoms. The number of ketones is 1. The first-order valence-corrected chi connectivity index (χ1v) is 7.69. The Morgan fingerprint density at radius 1 is 1.38 bits per heavy atom. The highest BCUT2D eigenvalue weighted by Crippen LogP contribution is 2.37. The Bertz CT molecular complexity index is 819. The summed E-state index contributed by atoms with van der Waals surface area (Å²) in [4.78, 5) is 24.5. The van der Waals surface area contributed by atoms with Crippen LogP contribution in [0.3, 0.4) is 0 Å². The van der Waals surface area contributed by atoms with Crippen LogP contribution >= 0.6 is 23.2 Å². The molecule has 1 atom stereocenters. The van der Waals surface area contributed by atoms with Gasteiger partial charge in [0.1, 0.15) is 11.5 Å². The van der Waals surface area contributed by atoms with Crippen molar-refractivity contribution in [2.24, 2.45) is 5.92 Å². The van der Waals surface area contributed by atoms with Crippen molar-refractivity contribution < 1.29 is 18.8 Å². The zero-order valence-electron chi connectivity index (χ0n) is 12.8. The summed E-state index contributed by atoms with van der Waals surface area (Å²) >= 11 is 12.3. The number of nitriles is 1. The number of carbonyl (C=O) groups is 2. The number of benzene rings is 1. The Hall–Kier alpha value is -2.36. The fraction of sp³-hybridized carbons (Fsp3) is 0.250. The number of ether oxygens (including phenoxy) is 1. The maximum atomic E-state index is 12.7. The summed E-state index contributed by atoms with van der Waals surface area (Å²) in [5, 5.41) is 13.5. The van der Waals surface area contributed by atoms with Gasteiger partial charge >= 0.3 is 5.97 Å². The maximum Gasteiger partial charge on any atom is 0.331 e. The molecule has 0 saturated carbocycles. The Kier molecular flexibility index (Phi) is 5.60. The van der Waals surface area contributed by atoms with E-state index in [1.165, 1.54) is 6.92 Å². The second kappa shape index (κ2) is 7.47. The highest BCUT2D eigenvalue weighted by Gasteiger charge is 2.35. The van der Waals surface area contributed by atoms with Crippen LogP contribution in [0.1, 0.15) is 23.0 Å². The molecule has 0 aliphatic heterocycles. The smallest absolute Gasteiger partial charge is 0.331 e. The number of nitrogens with zero attached hydrogens (tertiary/aromatic N) is 2. The minimum Gasteiger partial charge on any atom is -0.465 e. The van der Waals surface area contributed by atoms with Crippen LogP contribution in [0, 0.1) is 24.2 Å². The third-order valence-corrected chi connectivity index (χ3v) is 3.85. The number of hydrogen-bond acceptors (Lipinski definition) is 6. The van der Waals surface area contributed by atoms with Crippen molar-refractivity contribution in [3.05, 3.63) is 39.6 Å². The Labute approximate surface area is 147 Å². The normalized spacial score (nSPS) is 11.6. The van der Waals surface area contributed by atoms with E-state index in [2.05, 4.69) is 5.16 Å².